The van der Waals surface area contributed by atoms with Gasteiger partial charge in [-0.1, -0.05) is 5.21 Å². The van der Waals surface area contributed by atoms with E-state index < -0.39 is 5.97 Å². The molecule has 0 bridgehead atoms. The number of carboxylic acids is 1. The quantitative estimate of drug-likeness (QED) is 0.582. The van der Waals surface area contributed by atoms with Gasteiger partial charge >= 0.3 is 5.97 Å². The van der Waals surface area contributed by atoms with Gasteiger partial charge in [0.05, 0.1) is 12.7 Å². The highest BCUT2D eigenvalue weighted by Gasteiger charge is 2.10. The predicted octanol–water partition coefficient (Wildman–Crippen LogP) is -1.59. The lowest BCUT2D eigenvalue weighted by Crippen LogP contribution is -2.27. The molecule has 0 unspecified atom stereocenters. The molecule has 94 valence electrons. The molecular formula is C8H9N7O3. The van der Waals surface area contributed by atoms with E-state index in [1.807, 2.05) is 0 Å². The Labute approximate surface area is 100 Å². The Morgan fingerprint density at radius 1 is 1.50 bits per heavy atom. The van der Waals surface area contributed by atoms with Crippen LogP contribution < -0.4 is 5.32 Å². The molecule has 2 aromatic rings. The van der Waals surface area contributed by atoms with Crippen LogP contribution in [0.1, 0.15) is 16.3 Å². The largest absolute Gasteiger partial charge is 0.476 e. The van der Waals surface area contributed by atoms with E-state index in [0.29, 0.717) is 5.82 Å². The Bertz CT molecular complexity index is 547. The summed E-state index contributed by atoms with van der Waals surface area (Å²) in [4.78, 5) is 25.9. The number of rotatable bonds is 5. The molecule has 1 amide bonds. The third kappa shape index (κ3) is 2.87. The molecule has 10 heteroatoms. The lowest BCUT2D eigenvalue weighted by Gasteiger charge is -2.01. The zero-order valence-corrected chi connectivity index (χ0v) is 9.07. The maximum absolute atomic E-state index is 11.5. The molecule has 18 heavy (non-hydrogen) atoms. The van der Waals surface area contributed by atoms with Crippen LogP contribution in [-0.4, -0.2) is 47.2 Å². The zero-order chi connectivity index (χ0) is 13.0. The fourth-order valence-corrected chi connectivity index (χ4v) is 1.17. The molecule has 0 spiro atoms. The van der Waals surface area contributed by atoms with Gasteiger partial charge in [-0.3, -0.25) is 9.89 Å². The van der Waals surface area contributed by atoms with E-state index >= 15 is 0 Å². The van der Waals surface area contributed by atoms with Gasteiger partial charge in [-0.05, 0) is 0 Å². The molecule has 0 aliphatic rings. The van der Waals surface area contributed by atoms with Crippen molar-refractivity contribution in [1.82, 2.24) is 35.5 Å². The van der Waals surface area contributed by atoms with Crippen LogP contribution in [0.4, 0.5) is 0 Å². The van der Waals surface area contributed by atoms with Crippen molar-refractivity contribution in [2.24, 2.45) is 0 Å². The first-order valence-electron chi connectivity index (χ1n) is 4.89. The minimum absolute atomic E-state index is 0.117. The van der Waals surface area contributed by atoms with Crippen molar-refractivity contribution in [3.05, 3.63) is 24.0 Å². The minimum Gasteiger partial charge on any atom is -0.476 e. The second-order valence-corrected chi connectivity index (χ2v) is 3.32. The number of aromatic nitrogens is 6. The monoisotopic (exact) mass is 251 g/mol. The van der Waals surface area contributed by atoms with Crippen LogP contribution in [-0.2, 0) is 17.9 Å². The number of carboxylic acid groups (broad SMARTS) is 1. The molecule has 0 saturated carbocycles. The van der Waals surface area contributed by atoms with E-state index in [0.717, 1.165) is 4.68 Å². The maximum atomic E-state index is 11.5. The summed E-state index contributed by atoms with van der Waals surface area (Å²) < 4.78 is 1.14. The second kappa shape index (κ2) is 5.03. The average molecular weight is 251 g/mol. The summed E-state index contributed by atoms with van der Waals surface area (Å²) in [5, 5.41) is 24.3. The zero-order valence-electron chi connectivity index (χ0n) is 9.07. The molecule has 0 aliphatic heterocycles. The number of carbonyl (C=O) groups is 2. The summed E-state index contributed by atoms with van der Waals surface area (Å²) in [5.41, 5.74) is -0.210. The van der Waals surface area contributed by atoms with E-state index in [2.05, 4.69) is 30.8 Å². The predicted molar refractivity (Wildman–Crippen MR) is 55.2 cm³/mol. The van der Waals surface area contributed by atoms with Crippen molar-refractivity contribution in [3.63, 3.8) is 0 Å². The molecule has 0 aliphatic carbocycles. The molecule has 10 nitrogen and oxygen atoms in total. The summed E-state index contributed by atoms with van der Waals surface area (Å²) in [5.74, 6) is -1.01. The summed E-state index contributed by atoms with van der Waals surface area (Å²) in [7, 11) is 0. The van der Waals surface area contributed by atoms with Crippen LogP contribution in [0.15, 0.2) is 12.5 Å². The van der Waals surface area contributed by atoms with Crippen molar-refractivity contribution in [2.75, 3.05) is 0 Å². The molecule has 2 heterocycles. The van der Waals surface area contributed by atoms with Crippen molar-refractivity contribution in [2.45, 2.75) is 13.1 Å². The van der Waals surface area contributed by atoms with Gasteiger partial charge in [-0.25, -0.2) is 14.5 Å². The molecule has 0 radical (unpaired) electrons. The van der Waals surface area contributed by atoms with Gasteiger partial charge in [0.25, 0.3) is 0 Å². The highest BCUT2D eigenvalue weighted by atomic mass is 16.4. The standard InChI is InChI=1S/C8H9N7O3/c16-7(9-1-6-10-4-11-13-6)3-15-2-5(8(17)18)12-14-15/h2,4H,1,3H2,(H,9,16)(H,17,18)(H,10,11,13). The molecule has 3 N–H and O–H groups in total. The molecule has 0 aromatic carbocycles. The molecule has 0 atom stereocenters. The highest BCUT2D eigenvalue weighted by Crippen LogP contribution is 1.92. The number of aromatic amines is 1. The van der Waals surface area contributed by atoms with E-state index in [4.69, 9.17) is 5.11 Å². The second-order valence-electron chi connectivity index (χ2n) is 3.32. The van der Waals surface area contributed by atoms with Crippen LogP contribution in [0.3, 0.4) is 0 Å². The Hall–Kier alpha value is -2.78. The first-order chi connectivity index (χ1) is 8.65. The van der Waals surface area contributed by atoms with Gasteiger partial charge in [0, 0.05) is 0 Å². The summed E-state index contributed by atoms with van der Waals surface area (Å²) in [6.45, 7) is 0.0910. The number of hydrogen-bond acceptors (Lipinski definition) is 6. The van der Waals surface area contributed by atoms with Crippen molar-refractivity contribution in [1.29, 1.82) is 0 Å². The normalized spacial score (nSPS) is 10.2. The number of H-pyrrole nitrogens is 1. The number of nitrogens with one attached hydrogen (secondary N) is 2. The lowest BCUT2D eigenvalue weighted by atomic mass is 10.5. The van der Waals surface area contributed by atoms with Gasteiger partial charge in [-0.15, -0.1) is 5.10 Å². The van der Waals surface area contributed by atoms with E-state index in [1.165, 1.54) is 12.5 Å². The number of nitrogens with zero attached hydrogens (tertiary/aromatic N) is 5. The van der Waals surface area contributed by atoms with Gasteiger partial charge in [0.15, 0.2) is 5.69 Å². The smallest absolute Gasteiger partial charge is 0.358 e. The molecule has 0 saturated heterocycles. The Kier molecular flexibility index (Phi) is 3.27. The first kappa shape index (κ1) is 11.7. The Morgan fingerprint density at radius 2 is 2.33 bits per heavy atom. The van der Waals surface area contributed by atoms with Crippen molar-refractivity contribution >= 4 is 11.9 Å². The lowest BCUT2D eigenvalue weighted by molar-refractivity contribution is -0.122. The average Bonchev–Trinajstić information content (AvgIpc) is 2.96. The summed E-state index contributed by atoms with van der Waals surface area (Å²) in [6.07, 6.45) is 2.51. The van der Waals surface area contributed by atoms with Crippen LogP contribution in [0.25, 0.3) is 0 Å². The van der Waals surface area contributed by atoms with Crippen molar-refractivity contribution in [3.8, 4) is 0 Å². The van der Waals surface area contributed by atoms with Crippen LogP contribution in [0.5, 0.6) is 0 Å². The van der Waals surface area contributed by atoms with Crippen LogP contribution in [0.2, 0.25) is 0 Å². The SMILES string of the molecule is O=C(Cn1cc(C(=O)O)nn1)NCc1ncn[nH]1. The molecule has 2 aromatic heterocycles. The van der Waals surface area contributed by atoms with Gasteiger partial charge in [0.2, 0.25) is 5.91 Å². The summed E-state index contributed by atoms with van der Waals surface area (Å²) in [6, 6.07) is 0. The minimum atomic E-state index is -1.19. The molecule has 2 rings (SSSR count). The van der Waals surface area contributed by atoms with Gasteiger partial charge < -0.3 is 10.4 Å². The Morgan fingerprint density at radius 3 is 2.94 bits per heavy atom. The van der Waals surface area contributed by atoms with Crippen molar-refractivity contribution < 1.29 is 14.7 Å². The molecular weight excluding hydrogens is 242 g/mol. The number of hydrogen-bond donors (Lipinski definition) is 3. The maximum Gasteiger partial charge on any atom is 0.358 e. The first-order valence-corrected chi connectivity index (χ1v) is 4.89. The fourth-order valence-electron chi connectivity index (χ4n) is 1.17. The number of carbonyl (C=O) groups excluding carboxylic acids is 1. The van der Waals surface area contributed by atoms with Gasteiger partial charge in [0.1, 0.15) is 18.7 Å². The number of amides is 1. The third-order valence-electron chi connectivity index (χ3n) is 1.98. The topological polar surface area (TPSA) is 139 Å². The van der Waals surface area contributed by atoms with Crippen LogP contribution in [0, 0.1) is 0 Å². The van der Waals surface area contributed by atoms with Gasteiger partial charge in [-0.2, -0.15) is 5.10 Å². The highest BCUT2D eigenvalue weighted by molar-refractivity contribution is 5.84. The van der Waals surface area contributed by atoms with E-state index in [-0.39, 0.29) is 24.7 Å². The summed E-state index contributed by atoms with van der Waals surface area (Å²) >= 11 is 0. The van der Waals surface area contributed by atoms with E-state index in [9.17, 15) is 9.59 Å². The molecule has 0 fully saturated rings. The fraction of sp³-hybridized carbons (Fsp3) is 0.250. The Balaban J connectivity index is 1.85. The number of aromatic carboxylic acids is 1. The third-order valence-corrected chi connectivity index (χ3v) is 1.98. The van der Waals surface area contributed by atoms with E-state index in [1.54, 1.807) is 0 Å². The van der Waals surface area contributed by atoms with Crippen LogP contribution >= 0.6 is 0 Å².